The van der Waals surface area contributed by atoms with Crippen molar-refractivity contribution in [2.75, 3.05) is 6.54 Å². The van der Waals surface area contributed by atoms with E-state index >= 15 is 0 Å². The Kier molecular flexibility index (Phi) is 11.6. The van der Waals surface area contributed by atoms with Gasteiger partial charge in [0.15, 0.2) is 0 Å². The number of amides is 1. The lowest BCUT2D eigenvalue weighted by Gasteiger charge is -2.16. The van der Waals surface area contributed by atoms with Crippen molar-refractivity contribution in [2.24, 2.45) is 0 Å². The van der Waals surface area contributed by atoms with E-state index in [9.17, 15) is 9.90 Å². The van der Waals surface area contributed by atoms with Gasteiger partial charge < -0.3 is 10.4 Å². The van der Waals surface area contributed by atoms with E-state index in [1.54, 1.807) is 19.9 Å². The highest BCUT2D eigenvalue weighted by Crippen LogP contribution is 2.05. The van der Waals surface area contributed by atoms with Crippen LogP contribution in [-0.2, 0) is 4.79 Å². The summed E-state index contributed by atoms with van der Waals surface area (Å²) in [6.07, 6.45) is 18.7. The molecule has 1 amide bonds. The van der Waals surface area contributed by atoms with Crippen molar-refractivity contribution in [3.63, 3.8) is 0 Å². The van der Waals surface area contributed by atoms with Gasteiger partial charge in [-0.25, -0.2) is 0 Å². The first-order chi connectivity index (χ1) is 9.95. The molecular formula is C18H31NO2. The maximum absolute atomic E-state index is 11.4. The first-order valence-electron chi connectivity index (χ1n) is 7.96. The second-order valence-electron chi connectivity index (χ2n) is 5.91. The van der Waals surface area contributed by atoms with Crippen molar-refractivity contribution in [3.05, 3.63) is 36.5 Å². The van der Waals surface area contributed by atoms with Gasteiger partial charge in [-0.3, -0.25) is 4.79 Å². The van der Waals surface area contributed by atoms with Gasteiger partial charge in [0, 0.05) is 12.6 Å². The van der Waals surface area contributed by atoms with Crippen molar-refractivity contribution in [1.82, 2.24) is 5.32 Å². The zero-order valence-corrected chi connectivity index (χ0v) is 13.8. The second-order valence-corrected chi connectivity index (χ2v) is 5.91. The Morgan fingerprint density at radius 1 is 1.05 bits per heavy atom. The number of rotatable bonds is 11. The van der Waals surface area contributed by atoms with Gasteiger partial charge in [-0.15, -0.1) is 0 Å². The maximum atomic E-state index is 11.4. The zero-order valence-electron chi connectivity index (χ0n) is 13.8. The van der Waals surface area contributed by atoms with Crippen LogP contribution in [0.3, 0.4) is 0 Å². The molecule has 120 valence electrons. The zero-order chi connectivity index (χ0) is 16.0. The van der Waals surface area contributed by atoms with E-state index in [0.29, 0.717) is 0 Å². The van der Waals surface area contributed by atoms with Crippen molar-refractivity contribution >= 4 is 5.91 Å². The molecule has 0 saturated carbocycles. The van der Waals surface area contributed by atoms with Crippen LogP contribution in [0.15, 0.2) is 36.5 Å². The van der Waals surface area contributed by atoms with E-state index in [-0.39, 0.29) is 12.5 Å². The highest BCUT2D eigenvalue weighted by Gasteiger charge is 2.12. The summed E-state index contributed by atoms with van der Waals surface area (Å²) in [5, 5.41) is 12.1. The van der Waals surface area contributed by atoms with Gasteiger partial charge in [-0.1, -0.05) is 63.0 Å². The third-order valence-corrected chi connectivity index (χ3v) is 2.89. The lowest BCUT2D eigenvalue weighted by Crippen LogP contribution is -2.37. The lowest BCUT2D eigenvalue weighted by molar-refractivity contribution is -0.117. The summed E-state index contributed by atoms with van der Waals surface area (Å²) in [6.45, 7) is 5.79. The maximum Gasteiger partial charge on any atom is 0.244 e. The normalized spacial score (nSPS) is 12.8. The average Bonchev–Trinajstić information content (AvgIpc) is 2.42. The molecule has 3 heteroatoms. The Hall–Kier alpha value is -1.35. The molecule has 0 unspecified atom stereocenters. The monoisotopic (exact) mass is 293 g/mol. The molecule has 0 aliphatic heterocycles. The van der Waals surface area contributed by atoms with Crippen molar-refractivity contribution in [1.29, 1.82) is 0 Å². The lowest BCUT2D eigenvalue weighted by atomic mass is 10.1. The summed E-state index contributed by atoms with van der Waals surface area (Å²) in [7, 11) is 0. The molecule has 0 atom stereocenters. The molecule has 0 aromatic heterocycles. The molecule has 0 bridgehead atoms. The summed E-state index contributed by atoms with van der Waals surface area (Å²) in [6, 6.07) is 0. The van der Waals surface area contributed by atoms with Crippen molar-refractivity contribution in [2.45, 2.75) is 64.9 Å². The molecule has 0 aromatic rings. The van der Waals surface area contributed by atoms with Crippen LogP contribution in [0.4, 0.5) is 0 Å². The van der Waals surface area contributed by atoms with E-state index in [1.165, 1.54) is 38.2 Å². The number of allylic oxidation sites excluding steroid dienone is 5. The Morgan fingerprint density at radius 2 is 1.71 bits per heavy atom. The molecule has 0 radical (unpaired) electrons. The van der Waals surface area contributed by atoms with Gasteiger partial charge in [-0.05, 0) is 26.7 Å². The molecule has 0 aromatic carbocycles. The molecule has 0 aliphatic carbocycles. The third-order valence-electron chi connectivity index (χ3n) is 2.89. The molecule has 2 N–H and O–H groups in total. The number of unbranched alkanes of at least 4 members (excludes halogenated alkanes) is 5. The Balaban J connectivity index is 3.65. The molecular weight excluding hydrogens is 262 g/mol. The van der Waals surface area contributed by atoms with Gasteiger partial charge in [0.05, 0.1) is 5.60 Å². The molecule has 0 saturated heterocycles. The van der Waals surface area contributed by atoms with Crippen LogP contribution in [0.5, 0.6) is 0 Å². The Bertz CT molecular complexity index is 349. The SMILES string of the molecule is CCCCCCCC=CC=CC=CC(=O)NCC(C)(C)O. The molecule has 0 fully saturated rings. The summed E-state index contributed by atoms with van der Waals surface area (Å²) < 4.78 is 0. The standard InChI is InChI=1S/C18H31NO2/c1-4-5-6-7-8-9-10-11-12-13-14-15-17(20)19-16-18(2,3)21/h10-15,21H,4-9,16H2,1-3H3,(H,19,20). The predicted molar refractivity (Wildman–Crippen MR) is 90.1 cm³/mol. The topological polar surface area (TPSA) is 49.3 Å². The predicted octanol–water partition coefficient (Wildman–Crippen LogP) is 3.90. The highest BCUT2D eigenvalue weighted by atomic mass is 16.3. The van der Waals surface area contributed by atoms with Gasteiger partial charge >= 0.3 is 0 Å². The molecule has 0 heterocycles. The smallest absolute Gasteiger partial charge is 0.244 e. The fourth-order valence-electron chi connectivity index (χ4n) is 1.67. The number of hydrogen-bond donors (Lipinski definition) is 2. The third kappa shape index (κ3) is 16.6. The summed E-state index contributed by atoms with van der Waals surface area (Å²) in [4.78, 5) is 11.4. The first-order valence-corrected chi connectivity index (χ1v) is 7.96. The highest BCUT2D eigenvalue weighted by molar-refractivity contribution is 5.87. The van der Waals surface area contributed by atoms with Crippen LogP contribution in [0, 0.1) is 0 Å². The van der Waals surface area contributed by atoms with Gasteiger partial charge in [0.2, 0.25) is 5.91 Å². The van der Waals surface area contributed by atoms with Crippen LogP contribution >= 0.6 is 0 Å². The second kappa shape index (κ2) is 12.4. The Labute approximate surface area is 129 Å². The van der Waals surface area contributed by atoms with Crippen LogP contribution in [0.1, 0.15) is 59.3 Å². The van der Waals surface area contributed by atoms with Gasteiger partial charge in [-0.2, -0.15) is 0 Å². The molecule has 21 heavy (non-hydrogen) atoms. The minimum absolute atomic E-state index is 0.193. The average molecular weight is 293 g/mol. The van der Waals surface area contributed by atoms with Crippen LogP contribution in [0.25, 0.3) is 0 Å². The van der Waals surface area contributed by atoms with E-state index in [0.717, 1.165) is 6.42 Å². The molecule has 0 aliphatic rings. The van der Waals surface area contributed by atoms with Crippen LogP contribution in [-0.4, -0.2) is 23.2 Å². The Morgan fingerprint density at radius 3 is 2.38 bits per heavy atom. The fraction of sp³-hybridized carbons (Fsp3) is 0.611. The van der Waals surface area contributed by atoms with Crippen molar-refractivity contribution < 1.29 is 9.90 Å². The minimum Gasteiger partial charge on any atom is -0.389 e. The first kappa shape index (κ1) is 19.7. The number of carbonyl (C=O) groups is 1. The number of hydrogen-bond acceptors (Lipinski definition) is 2. The summed E-state index contributed by atoms with van der Waals surface area (Å²) >= 11 is 0. The number of carbonyl (C=O) groups excluding carboxylic acids is 1. The van der Waals surface area contributed by atoms with Crippen LogP contribution < -0.4 is 5.32 Å². The number of nitrogens with one attached hydrogen (secondary N) is 1. The minimum atomic E-state index is -0.876. The molecule has 0 spiro atoms. The van der Waals surface area contributed by atoms with E-state index < -0.39 is 5.60 Å². The quantitative estimate of drug-likeness (QED) is 0.345. The van der Waals surface area contributed by atoms with E-state index in [2.05, 4.69) is 18.3 Å². The van der Waals surface area contributed by atoms with Crippen molar-refractivity contribution in [3.8, 4) is 0 Å². The molecule has 0 rings (SSSR count). The van der Waals surface area contributed by atoms with Crippen LogP contribution in [0.2, 0.25) is 0 Å². The fourth-order valence-corrected chi connectivity index (χ4v) is 1.67. The largest absolute Gasteiger partial charge is 0.389 e. The van der Waals surface area contributed by atoms with E-state index in [1.807, 2.05) is 18.2 Å². The van der Waals surface area contributed by atoms with Gasteiger partial charge in [0.25, 0.3) is 0 Å². The van der Waals surface area contributed by atoms with E-state index in [4.69, 9.17) is 0 Å². The summed E-state index contributed by atoms with van der Waals surface area (Å²) in [5.74, 6) is -0.193. The molecule has 3 nitrogen and oxygen atoms in total. The number of aliphatic hydroxyl groups is 1. The summed E-state index contributed by atoms with van der Waals surface area (Å²) in [5.41, 5.74) is -0.876. The van der Waals surface area contributed by atoms with Gasteiger partial charge in [0.1, 0.15) is 0 Å².